The van der Waals surface area contributed by atoms with Crippen LogP contribution in [0.4, 0.5) is 0 Å². The van der Waals surface area contributed by atoms with E-state index >= 15 is 0 Å². The van der Waals surface area contributed by atoms with Crippen LogP contribution < -0.4 is 4.57 Å². The SMILES string of the molecule is CC[n+]1c[nH]c2ccccc21. The van der Waals surface area contributed by atoms with Crippen LogP contribution in [0.2, 0.25) is 0 Å². The number of imidazole rings is 1. The molecular weight excluding hydrogens is 136 g/mol. The van der Waals surface area contributed by atoms with Crippen LogP contribution in [0.15, 0.2) is 30.6 Å². The lowest BCUT2D eigenvalue weighted by Crippen LogP contribution is -2.29. The van der Waals surface area contributed by atoms with Crippen molar-refractivity contribution in [1.82, 2.24) is 4.98 Å². The van der Waals surface area contributed by atoms with Gasteiger partial charge in [0, 0.05) is 0 Å². The van der Waals surface area contributed by atoms with Crippen LogP contribution in [0.3, 0.4) is 0 Å². The summed E-state index contributed by atoms with van der Waals surface area (Å²) in [7, 11) is 0. The highest BCUT2D eigenvalue weighted by Crippen LogP contribution is 2.04. The molecule has 0 fully saturated rings. The first-order chi connectivity index (χ1) is 5.42. The minimum Gasteiger partial charge on any atom is -0.243 e. The van der Waals surface area contributed by atoms with Crippen LogP contribution in [0, 0.1) is 0 Å². The molecule has 0 bridgehead atoms. The average Bonchev–Trinajstić information content (AvgIpc) is 2.47. The second-order valence-electron chi connectivity index (χ2n) is 2.58. The molecule has 0 aliphatic heterocycles. The Morgan fingerprint density at radius 1 is 1.36 bits per heavy atom. The largest absolute Gasteiger partial charge is 0.243 e. The van der Waals surface area contributed by atoms with Gasteiger partial charge in [0.25, 0.3) is 0 Å². The first-order valence-electron chi connectivity index (χ1n) is 3.87. The van der Waals surface area contributed by atoms with Crippen molar-refractivity contribution in [2.45, 2.75) is 13.5 Å². The molecule has 0 radical (unpaired) electrons. The number of H-pyrrole nitrogens is 1. The summed E-state index contributed by atoms with van der Waals surface area (Å²) in [6.45, 7) is 3.16. The van der Waals surface area contributed by atoms with Gasteiger partial charge in [-0.25, -0.2) is 9.55 Å². The van der Waals surface area contributed by atoms with Gasteiger partial charge < -0.3 is 0 Å². The molecule has 0 aliphatic carbocycles. The van der Waals surface area contributed by atoms with Crippen molar-refractivity contribution in [3.05, 3.63) is 30.6 Å². The molecule has 2 nitrogen and oxygen atoms in total. The number of hydrogen-bond acceptors (Lipinski definition) is 0. The highest BCUT2D eigenvalue weighted by molar-refractivity contribution is 5.70. The molecule has 0 amide bonds. The number of nitrogens with zero attached hydrogens (tertiary/aromatic N) is 1. The van der Waals surface area contributed by atoms with E-state index in [1.165, 1.54) is 11.0 Å². The summed E-state index contributed by atoms with van der Waals surface area (Å²) >= 11 is 0. The van der Waals surface area contributed by atoms with E-state index in [0.717, 1.165) is 6.54 Å². The summed E-state index contributed by atoms with van der Waals surface area (Å²) in [5.41, 5.74) is 2.48. The number of nitrogens with one attached hydrogen (secondary N) is 1. The van der Waals surface area contributed by atoms with Crippen LogP contribution in [0.25, 0.3) is 11.0 Å². The van der Waals surface area contributed by atoms with Crippen LogP contribution in [-0.4, -0.2) is 4.98 Å². The average molecular weight is 147 g/mol. The molecule has 2 aromatic rings. The smallest absolute Gasteiger partial charge is 0.242 e. The molecule has 1 N–H and O–H groups in total. The number of aromatic amines is 1. The number of aryl methyl sites for hydroxylation is 1. The molecule has 56 valence electrons. The lowest BCUT2D eigenvalue weighted by atomic mass is 10.3. The molecule has 2 rings (SSSR count). The predicted octanol–water partition coefficient (Wildman–Crippen LogP) is 1.48. The fourth-order valence-corrected chi connectivity index (χ4v) is 1.32. The molecule has 0 saturated carbocycles. The van der Waals surface area contributed by atoms with Gasteiger partial charge in [-0.15, -0.1) is 0 Å². The maximum atomic E-state index is 3.20. The van der Waals surface area contributed by atoms with Gasteiger partial charge in [0.2, 0.25) is 6.33 Å². The van der Waals surface area contributed by atoms with E-state index in [-0.39, 0.29) is 0 Å². The Labute approximate surface area is 65.5 Å². The highest BCUT2D eigenvalue weighted by atomic mass is 15.0. The van der Waals surface area contributed by atoms with Crippen LogP contribution >= 0.6 is 0 Å². The molecular formula is C9H11N2+. The number of aromatic nitrogens is 2. The molecule has 0 aliphatic rings. The quantitative estimate of drug-likeness (QED) is 0.589. The number of para-hydroxylation sites is 2. The van der Waals surface area contributed by atoms with Crippen LogP contribution in [0.5, 0.6) is 0 Å². The predicted molar refractivity (Wildman–Crippen MR) is 44.2 cm³/mol. The van der Waals surface area contributed by atoms with Gasteiger partial charge in [-0.2, -0.15) is 0 Å². The van der Waals surface area contributed by atoms with Crippen molar-refractivity contribution >= 4 is 11.0 Å². The number of rotatable bonds is 1. The van der Waals surface area contributed by atoms with Crippen molar-refractivity contribution in [2.24, 2.45) is 0 Å². The van der Waals surface area contributed by atoms with Crippen molar-refractivity contribution in [3.63, 3.8) is 0 Å². The van der Waals surface area contributed by atoms with E-state index in [4.69, 9.17) is 0 Å². The van der Waals surface area contributed by atoms with Gasteiger partial charge in [-0.3, -0.25) is 0 Å². The number of fused-ring (bicyclic) bond motifs is 1. The van der Waals surface area contributed by atoms with Gasteiger partial charge in [0.15, 0.2) is 11.0 Å². The maximum absolute atomic E-state index is 3.20. The highest BCUT2D eigenvalue weighted by Gasteiger charge is 2.04. The van der Waals surface area contributed by atoms with E-state index in [2.05, 4.69) is 34.7 Å². The third-order valence-electron chi connectivity index (χ3n) is 1.93. The zero-order valence-corrected chi connectivity index (χ0v) is 6.54. The number of benzene rings is 1. The second kappa shape index (κ2) is 2.38. The molecule has 0 spiro atoms. The lowest BCUT2D eigenvalue weighted by molar-refractivity contribution is -0.667. The maximum Gasteiger partial charge on any atom is 0.242 e. The van der Waals surface area contributed by atoms with Crippen molar-refractivity contribution < 1.29 is 4.57 Å². The van der Waals surface area contributed by atoms with Gasteiger partial charge >= 0.3 is 0 Å². The Kier molecular flexibility index (Phi) is 1.39. The first-order valence-corrected chi connectivity index (χ1v) is 3.87. The Morgan fingerprint density at radius 3 is 3.00 bits per heavy atom. The molecule has 2 heteroatoms. The standard InChI is InChI=1S/C9H10N2/c1-2-11-7-10-8-5-3-4-6-9(8)11/h3-7H,2H2,1H3/p+1. The second-order valence-corrected chi connectivity index (χ2v) is 2.58. The molecule has 0 atom stereocenters. The van der Waals surface area contributed by atoms with E-state index < -0.39 is 0 Å². The summed E-state index contributed by atoms with van der Waals surface area (Å²) in [6.07, 6.45) is 2.00. The molecule has 0 saturated heterocycles. The third-order valence-corrected chi connectivity index (χ3v) is 1.93. The van der Waals surface area contributed by atoms with Crippen molar-refractivity contribution in [1.29, 1.82) is 0 Å². The van der Waals surface area contributed by atoms with Crippen LogP contribution in [0.1, 0.15) is 6.92 Å². The third kappa shape index (κ3) is 0.909. The minimum absolute atomic E-state index is 1.02. The Morgan fingerprint density at radius 2 is 2.18 bits per heavy atom. The van der Waals surface area contributed by atoms with E-state index in [9.17, 15) is 0 Å². The van der Waals surface area contributed by atoms with E-state index in [1.807, 2.05) is 12.4 Å². The molecule has 1 aromatic heterocycles. The molecule has 11 heavy (non-hydrogen) atoms. The van der Waals surface area contributed by atoms with Crippen molar-refractivity contribution in [3.8, 4) is 0 Å². The monoisotopic (exact) mass is 147 g/mol. The van der Waals surface area contributed by atoms with Crippen molar-refractivity contribution in [2.75, 3.05) is 0 Å². The molecule has 1 heterocycles. The van der Waals surface area contributed by atoms with Gasteiger partial charge in [-0.05, 0) is 19.1 Å². The fraction of sp³-hybridized carbons (Fsp3) is 0.222. The molecule has 1 aromatic carbocycles. The Hall–Kier alpha value is -1.31. The van der Waals surface area contributed by atoms with Crippen LogP contribution in [-0.2, 0) is 6.54 Å². The summed E-state index contributed by atoms with van der Waals surface area (Å²) in [5, 5.41) is 0. The minimum atomic E-state index is 1.02. The normalized spacial score (nSPS) is 10.6. The zero-order valence-electron chi connectivity index (χ0n) is 6.54. The number of hydrogen-bond donors (Lipinski definition) is 1. The molecule has 0 unspecified atom stereocenters. The fourth-order valence-electron chi connectivity index (χ4n) is 1.32. The summed E-state index contributed by atoms with van der Waals surface area (Å²) in [6, 6.07) is 8.30. The van der Waals surface area contributed by atoms with Gasteiger partial charge in [0.1, 0.15) is 0 Å². The lowest BCUT2D eigenvalue weighted by Gasteiger charge is -1.88. The Balaban J connectivity index is 2.76. The van der Waals surface area contributed by atoms with E-state index in [0.29, 0.717) is 0 Å². The summed E-state index contributed by atoms with van der Waals surface area (Å²) in [4.78, 5) is 3.20. The van der Waals surface area contributed by atoms with E-state index in [1.54, 1.807) is 0 Å². The topological polar surface area (TPSA) is 19.7 Å². The Bertz CT molecular complexity index is 362. The first kappa shape index (κ1) is 6.40. The summed E-state index contributed by atoms with van der Waals surface area (Å²) in [5.74, 6) is 0. The summed E-state index contributed by atoms with van der Waals surface area (Å²) < 4.78 is 2.19. The van der Waals surface area contributed by atoms with Gasteiger partial charge in [-0.1, -0.05) is 12.1 Å². The van der Waals surface area contributed by atoms with Gasteiger partial charge in [0.05, 0.1) is 6.54 Å². The zero-order chi connectivity index (χ0) is 7.68.